The van der Waals surface area contributed by atoms with Gasteiger partial charge in [0.05, 0.1) is 13.4 Å². The number of esters is 1. The summed E-state index contributed by atoms with van der Waals surface area (Å²) in [5.74, 6) is 1.09. The summed E-state index contributed by atoms with van der Waals surface area (Å²) in [6.45, 7) is 0.521. The van der Waals surface area contributed by atoms with Crippen molar-refractivity contribution in [3.8, 4) is 0 Å². The maximum Gasteiger partial charge on any atom is 0.328 e. The summed E-state index contributed by atoms with van der Waals surface area (Å²) in [5, 5.41) is 7.11. The second-order valence-electron chi connectivity index (χ2n) is 7.30. The quantitative estimate of drug-likeness (QED) is 0.488. The number of hydrogen-bond acceptors (Lipinski definition) is 5. The third-order valence-corrected chi connectivity index (χ3v) is 6.07. The lowest BCUT2D eigenvalue weighted by atomic mass is 9.89. The van der Waals surface area contributed by atoms with Crippen LogP contribution in [-0.4, -0.2) is 51.4 Å². The standard InChI is InChI=1S/C18H27N3O4S/c1-25-18(23)16(15(12-4-5-12)13-6-7-13)20-17(22)14-8-9-19-21(14)10-3-11-26(2)24/h8-9,12-13,15-16H,3-7,10-11H2,1-2H3,(H,20,22)/t16-,26?/m0/s1. The summed E-state index contributed by atoms with van der Waals surface area (Å²) >= 11 is -0.867. The van der Waals surface area contributed by atoms with Gasteiger partial charge >= 0.3 is 5.97 Å². The molecular weight excluding hydrogens is 354 g/mol. The lowest BCUT2D eigenvalue weighted by Gasteiger charge is -2.26. The van der Waals surface area contributed by atoms with Crippen molar-refractivity contribution in [2.45, 2.75) is 44.7 Å². The number of ether oxygens (including phenoxy) is 1. The van der Waals surface area contributed by atoms with Gasteiger partial charge < -0.3 is 14.6 Å². The van der Waals surface area contributed by atoms with Crippen LogP contribution in [0.2, 0.25) is 0 Å². The summed E-state index contributed by atoms with van der Waals surface area (Å²) in [7, 11) is 1.37. The van der Waals surface area contributed by atoms with Crippen molar-refractivity contribution in [2.75, 3.05) is 19.1 Å². The number of nitrogens with zero attached hydrogens (tertiary/aromatic N) is 2. The highest BCUT2D eigenvalue weighted by Crippen LogP contribution is 2.50. The first-order chi connectivity index (χ1) is 12.5. The molecule has 1 aromatic rings. The Balaban J connectivity index is 1.68. The van der Waals surface area contributed by atoms with Crippen LogP contribution in [-0.2, 0) is 27.3 Å². The lowest BCUT2D eigenvalue weighted by molar-refractivity contribution is -0.145. The fourth-order valence-electron chi connectivity index (χ4n) is 3.67. The summed E-state index contributed by atoms with van der Waals surface area (Å²) in [5.41, 5.74) is 0.422. The molecule has 0 spiro atoms. The zero-order valence-corrected chi connectivity index (χ0v) is 16.2. The summed E-state index contributed by atoms with van der Waals surface area (Å²) in [4.78, 5) is 25.2. The smallest absolute Gasteiger partial charge is 0.328 e. The first kappa shape index (κ1) is 19.2. The van der Waals surface area contributed by atoms with E-state index in [0.717, 1.165) is 25.7 Å². The van der Waals surface area contributed by atoms with Gasteiger partial charge in [0, 0.05) is 19.2 Å². The van der Waals surface area contributed by atoms with E-state index in [0.29, 0.717) is 36.2 Å². The number of aromatic nitrogens is 2. The van der Waals surface area contributed by atoms with Crippen molar-refractivity contribution >= 4 is 23.1 Å². The Morgan fingerprint density at radius 3 is 2.58 bits per heavy atom. The largest absolute Gasteiger partial charge is 0.617 e. The van der Waals surface area contributed by atoms with Crippen LogP contribution in [0.15, 0.2) is 12.3 Å². The molecule has 0 aromatic carbocycles. The Morgan fingerprint density at radius 2 is 2.04 bits per heavy atom. The minimum atomic E-state index is -0.867. The molecule has 0 aliphatic heterocycles. The van der Waals surface area contributed by atoms with E-state index in [1.807, 2.05) is 0 Å². The molecule has 2 saturated carbocycles. The zero-order chi connectivity index (χ0) is 18.7. The molecule has 0 radical (unpaired) electrons. The molecule has 7 nitrogen and oxygen atoms in total. The average molecular weight is 381 g/mol. The number of aryl methyl sites for hydroxylation is 1. The van der Waals surface area contributed by atoms with E-state index in [4.69, 9.17) is 4.74 Å². The van der Waals surface area contributed by atoms with Gasteiger partial charge in [-0.3, -0.25) is 9.48 Å². The molecule has 1 amide bonds. The van der Waals surface area contributed by atoms with Crippen LogP contribution < -0.4 is 5.32 Å². The normalized spacial score (nSPS) is 19.2. The predicted octanol–water partition coefficient (Wildman–Crippen LogP) is 1.36. The number of hydrogen-bond donors (Lipinski definition) is 1. The molecule has 0 saturated heterocycles. The van der Waals surface area contributed by atoms with Gasteiger partial charge in [-0.15, -0.1) is 0 Å². The summed E-state index contributed by atoms with van der Waals surface area (Å²) < 4.78 is 17.8. The highest BCUT2D eigenvalue weighted by Gasteiger charge is 2.48. The van der Waals surface area contributed by atoms with E-state index in [9.17, 15) is 14.1 Å². The molecule has 144 valence electrons. The second kappa shape index (κ2) is 8.43. The monoisotopic (exact) mass is 381 g/mol. The second-order valence-corrected chi connectivity index (χ2v) is 8.85. The first-order valence-corrected chi connectivity index (χ1v) is 10.9. The van der Waals surface area contributed by atoms with Gasteiger partial charge in [-0.25, -0.2) is 4.79 Å². The van der Waals surface area contributed by atoms with Gasteiger partial charge in [0.2, 0.25) is 0 Å². The van der Waals surface area contributed by atoms with Crippen molar-refractivity contribution in [1.82, 2.24) is 15.1 Å². The SMILES string of the molecule is COC(=O)[C@@H](NC(=O)c1ccnn1CCC[S+](C)[O-])C(C1CC1)C1CC1. The molecule has 26 heavy (non-hydrogen) atoms. The minimum Gasteiger partial charge on any atom is -0.617 e. The summed E-state index contributed by atoms with van der Waals surface area (Å²) in [6, 6.07) is 1.05. The fraction of sp³-hybridized carbons (Fsp3) is 0.722. The van der Waals surface area contributed by atoms with Gasteiger partial charge in [0.1, 0.15) is 17.5 Å². The molecule has 1 unspecified atom stereocenters. The molecule has 1 aromatic heterocycles. The number of methoxy groups -OCH3 is 1. The Labute approximate surface area is 157 Å². The van der Waals surface area contributed by atoms with Crippen LogP contribution in [0.1, 0.15) is 42.6 Å². The van der Waals surface area contributed by atoms with Gasteiger partial charge in [0.25, 0.3) is 5.91 Å². The van der Waals surface area contributed by atoms with Crippen molar-refractivity contribution in [2.24, 2.45) is 17.8 Å². The van der Waals surface area contributed by atoms with Crippen LogP contribution >= 0.6 is 0 Å². The molecule has 2 aliphatic carbocycles. The van der Waals surface area contributed by atoms with Gasteiger partial charge in [-0.05, 0) is 49.5 Å². The number of carbonyl (C=O) groups excluding carboxylic acids is 2. The predicted molar refractivity (Wildman–Crippen MR) is 98.0 cm³/mol. The van der Waals surface area contributed by atoms with E-state index in [1.54, 1.807) is 23.2 Å². The topological polar surface area (TPSA) is 96.3 Å². The minimum absolute atomic E-state index is 0.172. The zero-order valence-electron chi connectivity index (χ0n) is 15.3. The molecular formula is C18H27N3O4S. The van der Waals surface area contributed by atoms with Crippen LogP contribution in [0.5, 0.6) is 0 Å². The molecule has 0 bridgehead atoms. The number of carbonyl (C=O) groups is 2. The summed E-state index contributed by atoms with van der Waals surface area (Å²) in [6.07, 6.45) is 8.40. The molecule has 1 N–H and O–H groups in total. The lowest BCUT2D eigenvalue weighted by Crippen LogP contribution is -2.48. The highest BCUT2D eigenvalue weighted by molar-refractivity contribution is 7.90. The van der Waals surface area contributed by atoms with E-state index in [1.165, 1.54) is 7.11 Å². The molecule has 2 atom stereocenters. The van der Waals surface area contributed by atoms with Crippen molar-refractivity contribution in [3.63, 3.8) is 0 Å². The molecule has 3 rings (SSSR count). The van der Waals surface area contributed by atoms with Crippen molar-refractivity contribution < 1.29 is 18.9 Å². The van der Waals surface area contributed by atoms with Gasteiger partial charge in [-0.2, -0.15) is 5.10 Å². The first-order valence-electron chi connectivity index (χ1n) is 9.21. The Bertz CT molecular complexity index is 628. The van der Waals surface area contributed by atoms with E-state index in [2.05, 4.69) is 10.4 Å². The van der Waals surface area contributed by atoms with Crippen LogP contribution in [0, 0.1) is 17.8 Å². The molecule has 8 heteroatoms. The maximum atomic E-state index is 12.8. The van der Waals surface area contributed by atoms with Crippen LogP contribution in [0.25, 0.3) is 0 Å². The van der Waals surface area contributed by atoms with Crippen molar-refractivity contribution in [3.05, 3.63) is 18.0 Å². The number of amides is 1. The number of rotatable bonds is 10. The van der Waals surface area contributed by atoms with E-state index >= 15 is 0 Å². The third-order valence-electron chi connectivity index (χ3n) is 5.21. The van der Waals surface area contributed by atoms with E-state index < -0.39 is 17.2 Å². The van der Waals surface area contributed by atoms with Gasteiger partial charge in [-0.1, -0.05) is 11.2 Å². The Hall–Kier alpha value is -1.54. The van der Waals surface area contributed by atoms with Gasteiger partial charge in [0.15, 0.2) is 0 Å². The average Bonchev–Trinajstić information content (AvgIpc) is 3.54. The molecule has 2 fully saturated rings. The number of nitrogens with one attached hydrogen (secondary N) is 1. The Kier molecular flexibility index (Phi) is 6.24. The molecule has 2 aliphatic rings. The maximum absolute atomic E-state index is 12.8. The van der Waals surface area contributed by atoms with Crippen LogP contribution in [0.4, 0.5) is 0 Å². The van der Waals surface area contributed by atoms with E-state index in [-0.39, 0.29) is 17.8 Å². The molecule has 1 heterocycles. The highest BCUT2D eigenvalue weighted by atomic mass is 32.2. The third kappa shape index (κ3) is 4.79. The van der Waals surface area contributed by atoms with Crippen LogP contribution in [0.3, 0.4) is 0 Å². The Morgan fingerprint density at radius 1 is 1.38 bits per heavy atom. The van der Waals surface area contributed by atoms with Crippen molar-refractivity contribution in [1.29, 1.82) is 0 Å². The fourth-order valence-corrected chi connectivity index (χ4v) is 4.20.